The van der Waals surface area contributed by atoms with E-state index in [-0.39, 0.29) is 12.8 Å². The molecule has 0 aliphatic carbocycles. The van der Waals surface area contributed by atoms with Crippen molar-refractivity contribution in [3.05, 3.63) is 20.2 Å². The summed E-state index contributed by atoms with van der Waals surface area (Å²) in [5, 5.41) is 20.6. The monoisotopic (exact) mass is 467 g/mol. The molecule has 1 amide bonds. The Morgan fingerprint density at radius 2 is 1.34 bits per heavy atom. The second-order valence-electron chi connectivity index (χ2n) is 8.42. The highest BCUT2D eigenvalue weighted by molar-refractivity contribution is 5.82. The number of nitrogens with one attached hydrogen (secondary N) is 1. The van der Waals surface area contributed by atoms with Crippen molar-refractivity contribution in [2.45, 2.75) is 77.7 Å². The van der Waals surface area contributed by atoms with E-state index in [1.165, 1.54) is 0 Å². The van der Waals surface area contributed by atoms with E-state index in [1.54, 1.807) is 41.5 Å². The van der Waals surface area contributed by atoms with Crippen molar-refractivity contribution in [3.63, 3.8) is 0 Å². The largest absolute Gasteiger partial charge is 0.460 e. The van der Waals surface area contributed by atoms with E-state index in [0.29, 0.717) is 0 Å². The molecule has 0 fully saturated rings. The summed E-state index contributed by atoms with van der Waals surface area (Å²) in [6.45, 7) is 7.96. The van der Waals surface area contributed by atoms with Crippen molar-refractivity contribution in [2.75, 3.05) is 13.2 Å². The molecular formula is C17H29N3O12. The molecule has 0 bridgehead atoms. The molecule has 184 valence electrons. The number of rotatable bonds is 12. The Morgan fingerprint density at radius 1 is 0.875 bits per heavy atom. The minimum atomic E-state index is -1.55. The van der Waals surface area contributed by atoms with Crippen LogP contribution in [0.5, 0.6) is 0 Å². The van der Waals surface area contributed by atoms with Crippen LogP contribution in [0.15, 0.2) is 0 Å². The van der Waals surface area contributed by atoms with Crippen LogP contribution in [-0.4, -0.2) is 64.8 Å². The fourth-order valence-electron chi connectivity index (χ4n) is 2.00. The van der Waals surface area contributed by atoms with E-state index in [1.807, 2.05) is 0 Å². The van der Waals surface area contributed by atoms with E-state index < -0.39 is 64.8 Å². The summed E-state index contributed by atoms with van der Waals surface area (Å²) in [6.07, 6.45) is -3.12. The van der Waals surface area contributed by atoms with Gasteiger partial charge in [-0.15, -0.1) is 20.2 Å². The lowest BCUT2D eigenvalue weighted by Gasteiger charge is -2.25. The average molecular weight is 467 g/mol. The van der Waals surface area contributed by atoms with E-state index in [2.05, 4.69) is 15.0 Å². The van der Waals surface area contributed by atoms with E-state index in [9.17, 15) is 34.6 Å². The fourth-order valence-corrected chi connectivity index (χ4v) is 2.00. The Kier molecular flexibility index (Phi) is 11.1. The van der Waals surface area contributed by atoms with Crippen molar-refractivity contribution >= 4 is 18.0 Å². The molecule has 1 atom stereocenters. The Morgan fingerprint density at radius 3 is 1.75 bits per heavy atom. The molecule has 32 heavy (non-hydrogen) atoms. The van der Waals surface area contributed by atoms with Crippen molar-refractivity contribution in [1.82, 2.24) is 5.32 Å². The predicted octanol–water partition coefficient (Wildman–Crippen LogP) is 1.33. The van der Waals surface area contributed by atoms with Gasteiger partial charge in [-0.1, -0.05) is 0 Å². The van der Waals surface area contributed by atoms with Gasteiger partial charge in [0, 0.05) is 6.42 Å². The van der Waals surface area contributed by atoms with Crippen molar-refractivity contribution in [1.29, 1.82) is 0 Å². The van der Waals surface area contributed by atoms with Gasteiger partial charge in [0.2, 0.25) is 0 Å². The van der Waals surface area contributed by atoms with E-state index in [0.717, 1.165) is 0 Å². The summed E-state index contributed by atoms with van der Waals surface area (Å²) in [5.74, 6) is -1.81. The van der Waals surface area contributed by atoms with Crippen LogP contribution in [0.25, 0.3) is 0 Å². The molecule has 0 aromatic carbocycles. The van der Waals surface area contributed by atoms with E-state index >= 15 is 0 Å². The van der Waals surface area contributed by atoms with Gasteiger partial charge in [0.25, 0.3) is 10.2 Å². The molecule has 15 heteroatoms. The predicted molar refractivity (Wildman–Crippen MR) is 104 cm³/mol. The summed E-state index contributed by atoms with van der Waals surface area (Å²) in [4.78, 5) is 65.5. The van der Waals surface area contributed by atoms with Crippen LogP contribution in [0.2, 0.25) is 0 Å². The second kappa shape index (κ2) is 12.5. The zero-order valence-corrected chi connectivity index (χ0v) is 18.8. The lowest BCUT2D eigenvalue weighted by atomic mass is 10.1. The molecule has 0 saturated carbocycles. The van der Waals surface area contributed by atoms with Gasteiger partial charge in [0.05, 0.1) is 0 Å². The van der Waals surface area contributed by atoms with Gasteiger partial charge in [-0.05, 0) is 48.0 Å². The smallest absolute Gasteiger partial charge is 0.408 e. The first-order chi connectivity index (χ1) is 14.5. The average Bonchev–Trinajstić information content (AvgIpc) is 2.57. The Balaban J connectivity index is 5.31. The third-order valence-electron chi connectivity index (χ3n) is 3.05. The summed E-state index contributed by atoms with van der Waals surface area (Å²) in [6, 6.07) is -1.44. The highest BCUT2D eigenvalue weighted by Gasteiger charge is 2.30. The SMILES string of the molecule is CC(C)(C)OC(=O)CC[C@H](NC(=O)OC(C)(C)C)C(=O)OC(CO[N+](=O)[O-])CO[N+](=O)[O-]. The van der Waals surface area contributed by atoms with Crippen LogP contribution < -0.4 is 5.32 Å². The number of amides is 1. The van der Waals surface area contributed by atoms with Gasteiger partial charge in [0.1, 0.15) is 36.6 Å². The normalized spacial score (nSPS) is 12.3. The van der Waals surface area contributed by atoms with Gasteiger partial charge < -0.3 is 29.2 Å². The maximum atomic E-state index is 12.5. The zero-order chi connectivity index (χ0) is 25.1. The quantitative estimate of drug-likeness (QED) is 0.187. The Bertz CT molecular complexity index is 665. The van der Waals surface area contributed by atoms with Crippen LogP contribution in [0.4, 0.5) is 4.79 Å². The fraction of sp³-hybridized carbons (Fsp3) is 0.824. The first kappa shape index (κ1) is 28.6. The van der Waals surface area contributed by atoms with Crippen LogP contribution in [0, 0.1) is 20.2 Å². The number of hydrogen-bond donors (Lipinski definition) is 1. The van der Waals surface area contributed by atoms with Crippen LogP contribution >= 0.6 is 0 Å². The molecule has 0 unspecified atom stereocenters. The first-order valence-electron chi connectivity index (χ1n) is 9.45. The number of carbonyl (C=O) groups is 3. The van der Waals surface area contributed by atoms with Gasteiger partial charge in [0.15, 0.2) is 0 Å². The summed E-state index contributed by atoms with van der Waals surface area (Å²) in [5.41, 5.74) is -1.68. The van der Waals surface area contributed by atoms with Crippen molar-refractivity contribution in [2.24, 2.45) is 0 Å². The number of hydrogen-bond acceptors (Lipinski definition) is 12. The highest BCUT2D eigenvalue weighted by Crippen LogP contribution is 2.13. The minimum absolute atomic E-state index is 0.272. The van der Waals surface area contributed by atoms with Gasteiger partial charge in [-0.3, -0.25) is 4.79 Å². The van der Waals surface area contributed by atoms with Crippen molar-refractivity contribution in [3.8, 4) is 0 Å². The molecule has 1 N–H and O–H groups in total. The second-order valence-corrected chi connectivity index (χ2v) is 8.42. The van der Waals surface area contributed by atoms with Crippen LogP contribution in [0.3, 0.4) is 0 Å². The molecular weight excluding hydrogens is 438 g/mol. The number of ether oxygens (including phenoxy) is 3. The Labute approximate surface area is 183 Å². The molecule has 0 aliphatic rings. The number of esters is 2. The number of alkyl carbamates (subject to hydrolysis) is 1. The van der Waals surface area contributed by atoms with Crippen LogP contribution in [-0.2, 0) is 33.5 Å². The third kappa shape index (κ3) is 15.4. The topological polar surface area (TPSA) is 196 Å². The molecule has 0 heterocycles. The molecule has 0 rings (SSSR count). The summed E-state index contributed by atoms with van der Waals surface area (Å²) < 4.78 is 15.2. The first-order valence-corrected chi connectivity index (χ1v) is 9.45. The molecule has 0 aromatic heterocycles. The summed E-state index contributed by atoms with van der Waals surface area (Å²) in [7, 11) is 0. The molecule has 0 radical (unpaired) electrons. The molecule has 15 nitrogen and oxygen atoms in total. The third-order valence-corrected chi connectivity index (χ3v) is 3.05. The number of carbonyl (C=O) groups excluding carboxylic acids is 3. The molecule has 0 spiro atoms. The molecule has 0 aliphatic heterocycles. The lowest BCUT2D eigenvalue weighted by molar-refractivity contribution is -0.768. The number of nitrogens with zero attached hydrogens (tertiary/aromatic N) is 2. The standard InChI is InChI=1S/C17H29N3O12/c1-16(2,3)31-13(21)8-7-12(18-15(23)32-17(4,5)6)14(22)30-11(9-28-19(24)25)10-29-20(26)27/h11-12H,7-10H2,1-6H3,(H,18,23)/t12-/m0/s1. The van der Waals surface area contributed by atoms with Gasteiger partial charge in [-0.2, -0.15) is 0 Å². The van der Waals surface area contributed by atoms with Gasteiger partial charge >= 0.3 is 18.0 Å². The van der Waals surface area contributed by atoms with Crippen molar-refractivity contribution < 1.29 is 48.4 Å². The van der Waals surface area contributed by atoms with Crippen LogP contribution in [0.1, 0.15) is 54.4 Å². The maximum absolute atomic E-state index is 12.5. The highest BCUT2D eigenvalue weighted by atomic mass is 17.0. The summed E-state index contributed by atoms with van der Waals surface area (Å²) >= 11 is 0. The maximum Gasteiger partial charge on any atom is 0.408 e. The molecule has 0 saturated heterocycles. The Hall–Kier alpha value is -3.39. The zero-order valence-electron chi connectivity index (χ0n) is 18.8. The minimum Gasteiger partial charge on any atom is -0.460 e. The lowest BCUT2D eigenvalue weighted by Crippen LogP contribution is -2.46. The van der Waals surface area contributed by atoms with E-state index in [4.69, 9.17) is 14.2 Å². The van der Waals surface area contributed by atoms with Gasteiger partial charge in [-0.25, -0.2) is 9.59 Å². The molecule has 0 aromatic rings.